The van der Waals surface area contributed by atoms with E-state index in [0.29, 0.717) is 25.0 Å². The molecule has 6 nitrogen and oxygen atoms in total. The van der Waals surface area contributed by atoms with E-state index in [1.165, 1.54) is 0 Å². The van der Waals surface area contributed by atoms with Gasteiger partial charge in [-0.15, -0.1) is 0 Å². The van der Waals surface area contributed by atoms with Crippen molar-refractivity contribution in [3.05, 3.63) is 12.2 Å². The Morgan fingerprint density at radius 2 is 1.67 bits per heavy atom. The van der Waals surface area contributed by atoms with Gasteiger partial charge in [-0.2, -0.15) is 0 Å². The lowest BCUT2D eigenvalue weighted by atomic mass is 10.4. The third-order valence-electron chi connectivity index (χ3n) is 3.31. The Labute approximate surface area is 128 Å². The summed E-state index contributed by atoms with van der Waals surface area (Å²) in [5.41, 5.74) is 0.403. The van der Waals surface area contributed by atoms with Crippen LogP contribution in [0.4, 0.5) is 0 Å². The van der Waals surface area contributed by atoms with Crippen LogP contribution in [0.15, 0.2) is 12.2 Å². The zero-order chi connectivity index (χ0) is 16.3. The van der Waals surface area contributed by atoms with Gasteiger partial charge in [-0.25, -0.2) is 4.79 Å². The summed E-state index contributed by atoms with van der Waals surface area (Å²) in [7, 11) is 4.21. The highest BCUT2D eigenvalue weighted by Crippen LogP contribution is 2.23. The summed E-state index contributed by atoms with van der Waals surface area (Å²) in [6.07, 6.45) is 1.13. The number of ether oxygens (including phenoxy) is 3. The van der Waals surface area contributed by atoms with Crippen LogP contribution in [-0.2, 0) is 27.9 Å². The van der Waals surface area contributed by atoms with Crippen LogP contribution in [0, 0.1) is 0 Å². The minimum Gasteiger partial charge on any atom is -0.462 e. The molecule has 0 aliphatic carbocycles. The molecule has 21 heavy (non-hydrogen) atoms. The minimum absolute atomic E-state index is 0.261. The molecule has 0 bridgehead atoms. The lowest BCUT2D eigenvalue weighted by Crippen LogP contribution is -2.41. The first-order valence-electron chi connectivity index (χ1n) is 6.93. The molecule has 0 aromatic carbocycles. The van der Waals surface area contributed by atoms with E-state index in [2.05, 4.69) is 6.58 Å². The van der Waals surface area contributed by atoms with Gasteiger partial charge in [0.05, 0.1) is 6.61 Å². The predicted octanol–water partition coefficient (Wildman–Crippen LogP) is 2.24. The van der Waals surface area contributed by atoms with Crippen LogP contribution < -0.4 is 0 Å². The summed E-state index contributed by atoms with van der Waals surface area (Å²) in [4.78, 5) is 11.3. The van der Waals surface area contributed by atoms with Gasteiger partial charge in [0.15, 0.2) is 6.29 Å². The summed E-state index contributed by atoms with van der Waals surface area (Å²) in [5.74, 6) is -0.365. The van der Waals surface area contributed by atoms with Crippen molar-refractivity contribution in [3.8, 4) is 0 Å². The van der Waals surface area contributed by atoms with Gasteiger partial charge in [-0.1, -0.05) is 6.58 Å². The number of rotatable bonds is 12. The minimum atomic E-state index is -2.31. The van der Waals surface area contributed by atoms with Gasteiger partial charge in [0, 0.05) is 40.4 Å². The van der Waals surface area contributed by atoms with Crippen LogP contribution in [0.25, 0.3) is 0 Å². The number of hydrogen-bond donors (Lipinski definition) is 0. The molecule has 0 aliphatic rings. The molecule has 0 radical (unpaired) electrons. The van der Waals surface area contributed by atoms with Crippen LogP contribution in [0.2, 0.25) is 12.1 Å². The summed E-state index contributed by atoms with van der Waals surface area (Å²) in [5, 5.41) is 0. The highest BCUT2D eigenvalue weighted by molar-refractivity contribution is 6.67. The monoisotopic (exact) mass is 320 g/mol. The highest BCUT2D eigenvalue weighted by Gasteiger charge is 2.35. The van der Waals surface area contributed by atoms with E-state index in [1.54, 1.807) is 35.4 Å². The maximum atomic E-state index is 11.3. The molecule has 0 amide bonds. The molecule has 0 aromatic rings. The first kappa shape index (κ1) is 20.3. The van der Waals surface area contributed by atoms with Gasteiger partial charge in [-0.3, -0.25) is 0 Å². The average molecular weight is 320 g/mol. The van der Waals surface area contributed by atoms with Gasteiger partial charge in [0.2, 0.25) is 0 Å². The Kier molecular flexibility index (Phi) is 10.5. The molecule has 7 heteroatoms. The molecule has 0 saturated heterocycles. The van der Waals surface area contributed by atoms with E-state index in [9.17, 15) is 4.79 Å². The Morgan fingerprint density at radius 3 is 2.10 bits per heavy atom. The third-order valence-corrected chi connectivity index (χ3v) is 6.97. The van der Waals surface area contributed by atoms with Crippen LogP contribution in [0.3, 0.4) is 0 Å². The molecule has 0 fully saturated rings. The van der Waals surface area contributed by atoms with Gasteiger partial charge in [0.1, 0.15) is 0 Å². The van der Waals surface area contributed by atoms with Crippen molar-refractivity contribution in [1.82, 2.24) is 0 Å². The second-order valence-electron chi connectivity index (χ2n) is 4.78. The maximum absolute atomic E-state index is 11.3. The fourth-order valence-corrected chi connectivity index (χ4v) is 4.51. The molecule has 0 saturated carbocycles. The first-order valence-corrected chi connectivity index (χ1v) is 9.16. The van der Waals surface area contributed by atoms with E-state index in [4.69, 9.17) is 23.1 Å². The summed E-state index contributed by atoms with van der Waals surface area (Å²) >= 11 is 0. The molecule has 0 spiro atoms. The second-order valence-corrected chi connectivity index (χ2v) is 8.42. The van der Waals surface area contributed by atoms with Crippen molar-refractivity contribution in [1.29, 1.82) is 0 Å². The van der Waals surface area contributed by atoms with E-state index in [-0.39, 0.29) is 12.3 Å². The molecule has 0 atom stereocenters. The molecular weight excluding hydrogens is 292 g/mol. The molecule has 0 N–H and O–H groups in total. The normalized spacial score (nSPS) is 11.7. The molecular formula is C14H28O6Si. The quantitative estimate of drug-likeness (QED) is 0.181. The van der Waals surface area contributed by atoms with Crippen LogP contribution in [0.5, 0.6) is 0 Å². The Bertz CT molecular complexity index is 313. The largest absolute Gasteiger partial charge is 0.462 e. The summed E-state index contributed by atoms with van der Waals surface area (Å²) in [6.45, 7) is 5.50. The lowest BCUT2D eigenvalue weighted by molar-refractivity contribution is -0.138. The van der Waals surface area contributed by atoms with Gasteiger partial charge >= 0.3 is 14.5 Å². The zero-order valence-electron chi connectivity index (χ0n) is 13.8. The zero-order valence-corrected chi connectivity index (χ0v) is 14.8. The van der Waals surface area contributed by atoms with Crippen molar-refractivity contribution < 1.29 is 27.9 Å². The first-order chi connectivity index (χ1) is 9.94. The fourth-order valence-electron chi connectivity index (χ4n) is 1.92. The Hall–Kier alpha value is -0.733. The van der Waals surface area contributed by atoms with Crippen molar-refractivity contribution in [3.63, 3.8) is 0 Å². The van der Waals surface area contributed by atoms with Gasteiger partial charge in [0.25, 0.3) is 0 Å². The van der Waals surface area contributed by atoms with E-state index in [1.807, 2.05) is 0 Å². The number of methoxy groups -OCH3 is 2. The molecule has 0 unspecified atom stereocenters. The SMILES string of the molecule is C=C(C)C(=O)OCCC[Si](CCC(OC)OC)(OC)OC. The second kappa shape index (κ2) is 10.9. The summed E-state index contributed by atoms with van der Waals surface area (Å²) < 4.78 is 26.7. The number of carbonyl (C=O) groups excluding carboxylic acids is 1. The molecule has 0 aromatic heterocycles. The lowest BCUT2D eigenvalue weighted by Gasteiger charge is -2.28. The molecule has 0 rings (SSSR count). The Balaban J connectivity index is 4.26. The third kappa shape index (κ3) is 7.73. The van der Waals surface area contributed by atoms with Crippen molar-refractivity contribution in [2.24, 2.45) is 0 Å². The van der Waals surface area contributed by atoms with Gasteiger partial charge in [-0.05, 0) is 25.4 Å². The van der Waals surface area contributed by atoms with Crippen molar-refractivity contribution in [2.45, 2.75) is 38.1 Å². The smallest absolute Gasteiger partial charge is 0.337 e. The molecule has 0 heterocycles. The standard InChI is InChI=1S/C14H28O6Si/c1-12(2)14(15)20-9-7-10-21(18-5,19-6)11-8-13(16-3)17-4/h13H,1,7-11H2,2-6H3. The predicted molar refractivity (Wildman–Crippen MR) is 82.2 cm³/mol. The maximum Gasteiger partial charge on any atom is 0.337 e. The number of carbonyl (C=O) groups is 1. The average Bonchev–Trinajstić information content (AvgIpc) is 2.50. The van der Waals surface area contributed by atoms with Crippen LogP contribution >= 0.6 is 0 Å². The van der Waals surface area contributed by atoms with Gasteiger partial charge < -0.3 is 23.1 Å². The fraction of sp³-hybridized carbons (Fsp3) is 0.786. The van der Waals surface area contributed by atoms with Crippen LogP contribution in [-0.4, -0.2) is 55.9 Å². The topological polar surface area (TPSA) is 63.2 Å². The molecule has 0 aliphatic heterocycles. The van der Waals surface area contributed by atoms with E-state index >= 15 is 0 Å². The van der Waals surface area contributed by atoms with E-state index < -0.39 is 8.56 Å². The summed E-state index contributed by atoms with van der Waals surface area (Å²) in [6, 6.07) is 1.49. The van der Waals surface area contributed by atoms with Crippen molar-refractivity contribution in [2.75, 3.05) is 35.0 Å². The van der Waals surface area contributed by atoms with Crippen LogP contribution in [0.1, 0.15) is 19.8 Å². The number of hydrogen-bond acceptors (Lipinski definition) is 6. The highest BCUT2D eigenvalue weighted by atomic mass is 28.4. The Morgan fingerprint density at radius 1 is 1.10 bits per heavy atom. The molecule has 124 valence electrons. The number of esters is 1. The van der Waals surface area contributed by atoms with Crippen molar-refractivity contribution >= 4 is 14.5 Å². The van der Waals surface area contributed by atoms with E-state index in [0.717, 1.165) is 12.1 Å².